The summed E-state index contributed by atoms with van der Waals surface area (Å²) in [5, 5.41) is 13.1. The molecule has 7 nitrogen and oxygen atoms in total. The number of benzene rings is 5. The normalized spacial score (nSPS) is 11.2. The van der Waals surface area contributed by atoms with Gasteiger partial charge in [0.15, 0.2) is 0 Å². The van der Waals surface area contributed by atoms with Crippen LogP contribution in [0.5, 0.6) is 0 Å². The van der Waals surface area contributed by atoms with E-state index in [0.717, 1.165) is 68.2 Å². The summed E-state index contributed by atoms with van der Waals surface area (Å²) in [6.45, 7) is 2.83. The van der Waals surface area contributed by atoms with Gasteiger partial charge in [0.1, 0.15) is 0 Å². The molecule has 0 bridgehead atoms. The number of hydrogen-bond donors (Lipinski definition) is 0. The van der Waals surface area contributed by atoms with Crippen LogP contribution < -0.4 is 0 Å². The van der Waals surface area contributed by atoms with Gasteiger partial charge in [0.05, 0.1) is 24.5 Å². The third-order valence-corrected chi connectivity index (χ3v) is 9.21. The summed E-state index contributed by atoms with van der Waals surface area (Å²) in [5.41, 5.74) is 8.82. The Labute approximate surface area is 321 Å². The minimum Gasteiger partial charge on any atom is -0.406 e. The standard InChI is InChI=1S/C23H17N3.C22H15N4.Ir/c1-3-10-22-18(6-1)12-14-25(22)16-20-8-5-9-21(24-20)17-26-15-13-19-7-2-4-11-23(19)26;1-3-10-21-19(8-1)13-23-25(21)15-17-6-5-7-18(12-17)16-26-22-11-4-2-9-20(22)14-24-26;/h1-11,14-15H,16-17H2;1-11H,15-16H2;/q-2;-3;. The molecule has 1 radical (unpaired) electrons. The van der Waals surface area contributed by atoms with Crippen molar-refractivity contribution in [1.82, 2.24) is 33.7 Å². The number of pyridine rings is 1. The van der Waals surface area contributed by atoms with E-state index in [1.54, 1.807) is 0 Å². The third-order valence-electron chi connectivity index (χ3n) is 9.21. The van der Waals surface area contributed by atoms with Crippen LogP contribution in [-0.2, 0) is 46.3 Å². The van der Waals surface area contributed by atoms with Gasteiger partial charge in [-0.3, -0.25) is 15.2 Å². The van der Waals surface area contributed by atoms with E-state index in [2.05, 4.69) is 135 Å². The predicted octanol–water partition coefficient (Wildman–Crippen LogP) is 8.57. The van der Waals surface area contributed by atoms with Crippen LogP contribution in [0.2, 0.25) is 0 Å². The molecule has 0 aliphatic carbocycles. The SMILES string of the molecule is [Ir].[c-]1c(Cn2n[c-]c3ccccc32)cccc1Cn1n[c-]c2ccccc21.[c-]1cn(Cc2cccc(Cn3c[c-]c4ccccc43)n2)c2ccccc12. The van der Waals surface area contributed by atoms with Crippen molar-refractivity contribution in [2.24, 2.45) is 0 Å². The fourth-order valence-electron chi connectivity index (χ4n) is 6.68. The molecule has 0 spiro atoms. The topological polar surface area (TPSA) is 58.4 Å². The van der Waals surface area contributed by atoms with Crippen molar-refractivity contribution in [3.05, 3.63) is 199 Å². The van der Waals surface area contributed by atoms with Crippen LogP contribution in [0.15, 0.2) is 146 Å². The second kappa shape index (κ2) is 15.3. The number of hydrogen-bond acceptors (Lipinski definition) is 3. The number of rotatable bonds is 8. The Morgan fingerprint density at radius 3 is 1.32 bits per heavy atom. The molecule has 8 heteroatoms. The molecule has 0 fully saturated rings. The summed E-state index contributed by atoms with van der Waals surface area (Å²) in [7, 11) is 0. The third kappa shape index (κ3) is 7.33. The molecular formula is C45H32IrN7-5. The molecule has 261 valence electrons. The average Bonchev–Trinajstić information content (AvgIpc) is 3.99. The van der Waals surface area contributed by atoms with Crippen LogP contribution in [0.25, 0.3) is 43.6 Å². The van der Waals surface area contributed by atoms with E-state index >= 15 is 0 Å². The quantitative estimate of drug-likeness (QED) is 0.144. The van der Waals surface area contributed by atoms with Gasteiger partial charge in [0.2, 0.25) is 0 Å². The minimum absolute atomic E-state index is 0. The van der Waals surface area contributed by atoms with Crippen molar-refractivity contribution in [2.75, 3.05) is 0 Å². The van der Waals surface area contributed by atoms with Crippen molar-refractivity contribution >= 4 is 43.6 Å². The first-order valence-corrected chi connectivity index (χ1v) is 17.3. The van der Waals surface area contributed by atoms with Crippen LogP contribution in [0, 0.1) is 30.6 Å². The number of para-hydroxylation sites is 4. The summed E-state index contributed by atoms with van der Waals surface area (Å²) in [5.74, 6) is 0. The van der Waals surface area contributed by atoms with Gasteiger partial charge in [-0.1, -0.05) is 78.0 Å². The Bertz CT molecular complexity index is 2410. The van der Waals surface area contributed by atoms with Crippen molar-refractivity contribution in [3.63, 3.8) is 0 Å². The van der Waals surface area contributed by atoms with Gasteiger partial charge in [-0.15, -0.1) is 46.2 Å². The molecule has 5 aromatic heterocycles. The summed E-state index contributed by atoms with van der Waals surface area (Å²) in [6, 6.07) is 55.4. The van der Waals surface area contributed by atoms with E-state index in [-0.39, 0.29) is 20.1 Å². The van der Waals surface area contributed by atoms with Crippen molar-refractivity contribution < 1.29 is 20.1 Å². The number of nitrogens with zero attached hydrogens (tertiary/aromatic N) is 7. The minimum atomic E-state index is 0. The molecule has 5 heterocycles. The predicted molar refractivity (Wildman–Crippen MR) is 205 cm³/mol. The van der Waals surface area contributed by atoms with Crippen molar-refractivity contribution in [3.8, 4) is 0 Å². The molecule has 0 aliphatic heterocycles. The Morgan fingerprint density at radius 2 is 0.830 bits per heavy atom. The molecule has 53 heavy (non-hydrogen) atoms. The van der Waals surface area contributed by atoms with E-state index < -0.39 is 0 Å². The van der Waals surface area contributed by atoms with Gasteiger partial charge in [-0.25, -0.2) is 0 Å². The average molecular weight is 863 g/mol. The molecule has 0 amide bonds. The zero-order chi connectivity index (χ0) is 34.7. The molecule has 0 aliphatic rings. The molecule has 0 N–H and O–H groups in total. The van der Waals surface area contributed by atoms with Crippen LogP contribution in [-0.4, -0.2) is 33.7 Å². The van der Waals surface area contributed by atoms with Gasteiger partial charge in [-0.05, 0) is 35.6 Å². The number of aromatic nitrogens is 7. The zero-order valence-electron chi connectivity index (χ0n) is 28.6. The maximum absolute atomic E-state index is 4.87. The smallest absolute Gasteiger partial charge is 0.0594 e. The fraction of sp³-hybridized carbons (Fsp3) is 0.0889. The molecule has 10 aromatic rings. The van der Waals surface area contributed by atoms with Crippen LogP contribution >= 0.6 is 0 Å². The molecule has 0 unspecified atom stereocenters. The van der Waals surface area contributed by atoms with Crippen molar-refractivity contribution in [2.45, 2.75) is 26.2 Å². The summed E-state index contributed by atoms with van der Waals surface area (Å²) in [4.78, 5) is 4.87. The summed E-state index contributed by atoms with van der Waals surface area (Å²) < 4.78 is 8.31. The van der Waals surface area contributed by atoms with Gasteiger partial charge < -0.3 is 18.5 Å². The van der Waals surface area contributed by atoms with E-state index in [4.69, 9.17) is 4.98 Å². The molecule has 10 rings (SSSR count). The van der Waals surface area contributed by atoms with Crippen molar-refractivity contribution in [1.29, 1.82) is 0 Å². The fourth-order valence-corrected chi connectivity index (χ4v) is 6.68. The molecule has 0 atom stereocenters. The molecule has 0 saturated carbocycles. The van der Waals surface area contributed by atoms with E-state index in [1.807, 2.05) is 70.3 Å². The first-order chi connectivity index (χ1) is 25.7. The Kier molecular flexibility index (Phi) is 9.80. The summed E-state index contributed by atoms with van der Waals surface area (Å²) >= 11 is 0. The van der Waals surface area contributed by atoms with E-state index in [1.165, 1.54) is 11.0 Å². The van der Waals surface area contributed by atoms with Crippen LogP contribution in [0.1, 0.15) is 22.5 Å². The second-order valence-electron chi connectivity index (χ2n) is 12.7. The van der Waals surface area contributed by atoms with Gasteiger partial charge >= 0.3 is 0 Å². The zero-order valence-corrected chi connectivity index (χ0v) is 31.0. The first-order valence-electron chi connectivity index (χ1n) is 17.3. The maximum atomic E-state index is 4.87. The van der Waals surface area contributed by atoms with Gasteiger partial charge in [-0.2, -0.15) is 71.4 Å². The largest absolute Gasteiger partial charge is 0.406 e. The Hall–Kier alpha value is -6.08. The molecular weight excluding hydrogens is 831 g/mol. The monoisotopic (exact) mass is 863 g/mol. The van der Waals surface area contributed by atoms with Gasteiger partial charge in [0.25, 0.3) is 0 Å². The van der Waals surface area contributed by atoms with Crippen LogP contribution in [0.3, 0.4) is 0 Å². The Morgan fingerprint density at radius 1 is 0.415 bits per heavy atom. The first kappa shape index (κ1) is 34.0. The second-order valence-corrected chi connectivity index (χ2v) is 12.7. The molecule has 0 saturated heterocycles. The van der Waals surface area contributed by atoms with Crippen LogP contribution in [0.4, 0.5) is 0 Å². The maximum Gasteiger partial charge on any atom is 0.0594 e. The number of fused-ring (bicyclic) bond motifs is 4. The van der Waals surface area contributed by atoms with E-state index in [9.17, 15) is 0 Å². The van der Waals surface area contributed by atoms with E-state index in [0.29, 0.717) is 13.1 Å². The van der Waals surface area contributed by atoms with Gasteiger partial charge in [0, 0.05) is 33.2 Å². The Balaban J connectivity index is 0.000000148. The summed E-state index contributed by atoms with van der Waals surface area (Å²) in [6.07, 6.45) is 10.1. The molecule has 5 aromatic carbocycles.